The van der Waals surface area contributed by atoms with Crippen LogP contribution in [0, 0.1) is 12.3 Å². The highest BCUT2D eigenvalue weighted by molar-refractivity contribution is 6.31. The van der Waals surface area contributed by atoms with Crippen molar-refractivity contribution in [3.8, 4) is 0 Å². The van der Waals surface area contributed by atoms with Gasteiger partial charge >= 0.3 is 0 Å². The Kier molecular flexibility index (Phi) is 3.26. The number of rotatable bonds is 1. The van der Waals surface area contributed by atoms with Crippen molar-refractivity contribution in [2.24, 2.45) is 5.41 Å². The summed E-state index contributed by atoms with van der Waals surface area (Å²) in [6.45, 7) is 6.29. The van der Waals surface area contributed by atoms with Crippen LogP contribution in [0.1, 0.15) is 50.7 Å². The van der Waals surface area contributed by atoms with Crippen LogP contribution in [0.15, 0.2) is 18.2 Å². The Labute approximate surface area is 109 Å². The minimum absolute atomic E-state index is 0.0795. The normalized spacial score (nSPS) is 28.1. The SMILES string of the molecule is Cc1ccc(C2(O)CCCCC2(C)C)cc1Cl. The predicted octanol–water partition coefficient (Wildman–Crippen LogP) is 4.44. The molecule has 1 aliphatic rings. The summed E-state index contributed by atoms with van der Waals surface area (Å²) in [4.78, 5) is 0. The average Bonchev–Trinajstić information content (AvgIpc) is 2.26. The minimum atomic E-state index is -0.734. The minimum Gasteiger partial charge on any atom is -0.385 e. The van der Waals surface area contributed by atoms with E-state index in [1.54, 1.807) is 0 Å². The Hall–Kier alpha value is -0.530. The topological polar surface area (TPSA) is 20.2 Å². The molecule has 2 heteroatoms. The maximum atomic E-state index is 11.0. The van der Waals surface area contributed by atoms with Crippen LogP contribution in [0.4, 0.5) is 0 Å². The molecule has 1 fully saturated rings. The fourth-order valence-electron chi connectivity index (χ4n) is 2.88. The zero-order valence-electron chi connectivity index (χ0n) is 10.9. The number of halogens is 1. The van der Waals surface area contributed by atoms with E-state index in [2.05, 4.69) is 13.8 Å². The molecule has 0 heterocycles. The van der Waals surface area contributed by atoms with Crippen LogP contribution in [0.3, 0.4) is 0 Å². The molecule has 94 valence electrons. The van der Waals surface area contributed by atoms with E-state index in [1.807, 2.05) is 25.1 Å². The molecule has 1 unspecified atom stereocenters. The van der Waals surface area contributed by atoms with Gasteiger partial charge in [0.15, 0.2) is 0 Å². The largest absolute Gasteiger partial charge is 0.385 e. The van der Waals surface area contributed by atoms with Gasteiger partial charge in [0.25, 0.3) is 0 Å². The van der Waals surface area contributed by atoms with E-state index < -0.39 is 5.60 Å². The Morgan fingerprint density at radius 3 is 2.41 bits per heavy atom. The Morgan fingerprint density at radius 1 is 1.18 bits per heavy atom. The molecule has 0 radical (unpaired) electrons. The van der Waals surface area contributed by atoms with Gasteiger partial charge in [-0.2, -0.15) is 0 Å². The maximum absolute atomic E-state index is 11.0. The van der Waals surface area contributed by atoms with E-state index in [0.717, 1.165) is 35.4 Å². The molecule has 1 aromatic carbocycles. The van der Waals surface area contributed by atoms with Gasteiger partial charge in [-0.25, -0.2) is 0 Å². The first-order valence-electron chi connectivity index (χ1n) is 6.36. The van der Waals surface area contributed by atoms with Gasteiger partial charge in [0.2, 0.25) is 0 Å². The van der Waals surface area contributed by atoms with Crippen molar-refractivity contribution in [3.05, 3.63) is 34.3 Å². The molecule has 17 heavy (non-hydrogen) atoms. The summed E-state index contributed by atoms with van der Waals surface area (Å²) in [5.74, 6) is 0. The lowest BCUT2D eigenvalue weighted by Crippen LogP contribution is -2.44. The highest BCUT2D eigenvalue weighted by atomic mass is 35.5. The Balaban J connectivity index is 2.45. The summed E-state index contributed by atoms with van der Waals surface area (Å²) in [5, 5.41) is 11.8. The van der Waals surface area contributed by atoms with Gasteiger partial charge in [-0.15, -0.1) is 0 Å². The van der Waals surface area contributed by atoms with Crippen LogP contribution in [-0.2, 0) is 5.60 Å². The third kappa shape index (κ3) is 2.11. The van der Waals surface area contributed by atoms with E-state index in [-0.39, 0.29) is 5.41 Å². The molecular weight excluding hydrogens is 232 g/mol. The van der Waals surface area contributed by atoms with E-state index in [9.17, 15) is 5.11 Å². The van der Waals surface area contributed by atoms with Gasteiger partial charge in [0.1, 0.15) is 0 Å². The molecule has 1 aromatic rings. The zero-order valence-corrected chi connectivity index (χ0v) is 11.6. The number of aliphatic hydroxyl groups is 1. The monoisotopic (exact) mass is 252 g/mol. The molecule has 0 aromatic heterocycles. The lowest BCUT2D eigenvalue weighted by atomic mass is 9.62. The van der Waals surface area contributed by atoms with Crippen molar-refractivity contribution < 1.29 is 5.11 Å². The lowest BCUT2D eigenvalue weighted by Gasteiger charge is -2.47. The van der Waals surface area contributed by atoms with Crippen LogP contribution >= 0.6 is 11.6 Å². The van der Waals surface area contributed by atoms with Gasteiger partial charge < -0.3 is 5.11 Å². The molecule has 1 aliphatic carbocycles. The Bertz CT molecular complexity index is 425. The van der Waals surface area contributed by atoms with Gasteiger partial charge in [-0.05, 0) is 42.4 Å². The maximum Gasteiger partial charge on any atom is 0.0947 e. The molecule has 0 bridgehead atoms. The second-order valence-corrected chi connectivity index (χ2v) is 6.32. The molecular formula is C15H21ClO. The summed E-state index contributed by atoms with van der Waals surface area (Å²) < 4.78 is 0. The molecule has 1 N–H and O–H groups in total. The molecule has 0 saturated heterocycles. The third-order valence-electron chi connectivity index (χ3n) is 4.36. The van der Waals surface area contributed by atoms with Crippen molar-refractivity contribution in [3.63, 3.8) is 0 Å². The van der Waals surface area contributed by atoms with Crippen LogP contribution in [-0.4, -0.2) is 5.11 Å². The quantitative estimate of drug-likeness (QED) is 0.784. The highest BCUT2D eigenvalue weighted by Gasteiger charge is 2.46. The zero-order chi connectivity index (χ0) is 12.7. The summed E-state index contributed by atoms with van der Waals surface area (Å²) in [6.07, 6.45) is 4.19. The van der Waals surface area contributed by atoms with Crippen LogP contribution < -0.4 is 0 Å². The second-order valence-electron chi connectivity index (χ2n) is 5.92. The molecule has 0 aliphatic heterocycles. The van der Waals surface area contributed by atoms with Gasteiger partial charge in [-0.1, -0.05) is 50.4 Å². The number of benzene rings is 1. The van der Waals surface area contributed by atoms with Crippen molar-refractivity contribution in [1.29, 1.82) is 0 Å². The smallest absolute Gasteiger partial charge is 0.0947 e. The molecule has 1 saturated carbocycles. The van der Waals surface area contributed by atoms with Gasteiger partial charge in [0, 0.05) is 5.02 Å². The van der Waals surface area contributed by atoms with E-state index >= 15 is 0 Å². The first-order valence-corrected chi connectivity index (χ1v) is 6.74. The van der Waals surface area contributed by atoms with Crippen LogP contribution in [0.25, 0.3) is 0 Å². The summed E-state index contributed by atoms with van der Waals surface area (Å²) in [6, 6.07) is 5.96. The summed E-state index contributed by atoms with van der Waals surface area (Å²) in [7, 11) is 0. The van der Waals surface area contributed by atoms with Crippen molar-refractivity contribution in [1.82, 2.24) is 0 Å². The fraction of sp³-hybridized carbons (Fsp3) is 0.600. The van der Waals surface area contributed by atoms with E-state index in [0.29, 0.717) is 0 Å². The van der Waals surface area contributed by atoms with Crippen LogP contribution in [0.5, 0.6) is 0 Å². The van der Waals surface area contributed by atoms with Gasteiger partial charge in [0.05, 0.1) is 5.60 Å². The second kappa shape index (κ2) is 4.29. The lowest BCUT2D eigenvalue weighted by molar-refractivity contribution is -0.103. The standard InChI is InChI=1S/C15H21ClO/c1-11-6-7-12(10-13(11)16)15(17)9-5-4-8-14(15,2)3/h6-7,10,17H,4-5,8-9H2,1-3H3. The van der Waals surface area contributed by atoms with Crippen molar-refractivity contribution in [2.45, 2.75) is 52.1 Å². The molecule has 1 atom stereocenters. The molecule has 1 nitrogen and oxygen atoms in total. The average molecular weight is 253 g/mol. The molecule has 0 amide bonds. The van der Waals surface area contributed by atoms with Crippen molar-refractivity contribution >= 4 is 11.6 Å². The first kappa shape index (κ1) is 12.9. The number of hydrogen-bond donors (Lipinski definition) is 1. The van der Waals surface area contributed by atoms with Gasteiger partial charge in [-0.3, -0.25) is 0 Å². The third-order valence-corrected chi connectivity index (χ3v) is 4.77. The Morgan fingerprint density at radius 2 is 1.82 bits per heavy atom. The molecule has 2 rings (SSSR count). The van der Waals surface area contributed by atoms with Crippen LogP contribution in [0.2, 0.25) is 5.02 Å². The van der Waals surface area contributed by atoms with E-state index in [4.69, 9.17) is 11.6 Å². The molecule has 0 spiro atoms. The number of aryl methyl sites for hydroxylation is 1. The number of hydrogen-bond acceptors (Lipinski definition) is 1. The van der Waals surface area contributed by atoms with Crippen molar-refractivity contribution in [2.75, 3.05) is 0 Å². The summed E-state index contributed by atoms with van der Waals surface area (Å²) >= 11 is 6.18. The fourth-order valence-corrected chi connectivity index (χ4v) is 3.06. The predicted molar refractivity (Wildman–Crippen MR) is 72.3 cm³/mol. The highest BCUT2D eigenvalue weighted by Crippen LogP contribution is 2.50. The van der Waals surface area contributed by atoms with E-state index in [1.165, 1.54) is 6.42 Å². The first-order chi connectivity index (χ1) is 7.87. The summed E-state index contributed by atoms with van der Waals surface area (Å²) in [5.41, 5.74) is 1.22.